The molecular formula is C59H34N4O. The molecule has 0 atom stereocenters. The van der Waals surface area contributed by atoms with Gasteiger partial charge in [0.25, 0.3) is 0 Å². The molecule has 0 radical (unpaired) electrons. The first-order valence-corrected chi connectivity index (χ1v) is 21.7. The number of furan rings is 1. The molecule has 0 aliphatic rings. The van der Waals surface area contributed by atoms with Crippen molar-refractivity contribution in [3.8, 4) is 39.9 Å². The van der Waals surface area contributed by atoms with Crippen LogP contribution in [0.25, 0.3) is 137 Å². The molecule has 5 heteroatoms. The number of aromatic nitrogens is 4. The van der Waals surface area contributed by atoms with Crippen LogP contribution in [0, 0.1) is 0 Å². The standard InChI is InChI=1S/C59H34N4O/c1-2-15-37-31-41(26-25-35(37)13-1)57-60-58(62-59(61-57)49-33-40-18-6-7-19-42(40)44-21-9-10-22-45(44)49)48-29-28-47-46-23-11-12-24-53(46)64-56(47)55(48)63-51-30-27-36-14-5-8-20-43(36)54(51)50-32-38-16-3-4-17-39(38)34-52(50)63/h1-34H. The fourth-order valence-electron chi connectivity index (χ4n) is 10.2. The van der Waals surface area contributed by atoms with Crippen molar-refractivity contribution in [1.82, 2.24) is 19.5 Å². The van der Waals surface area contributed by atoms with Crippen LogP contribution in [0.15, 0.2) is 211 Å². The van der Waals surface area contributed by atoms with E-state index in [1.54, 1.807) is 0 Å². The fourth-order valence-corrected chi connectivity index (χ4v) is 10.2. The maximum Gasteiger partial charge on any atom is 0.166 e. The topological polar surface area (TPSA) is 56.7 Å². The van der Waals surface area contributed by atoms with Gasteiger partial charge in [-0.2, -0.15) is 0 Å². The highest BCUT2D eigenvalue weighted by Crippen LogP contribution is 2.45. The Morgan fingerprint density at radius 1 is 0.328 bits per heavy atom. The SMILES string of the molecule is c1ccc2cc(-c3nc(-c4ccc5c(oc6ccccc65)c4-n4c5cc6ccccc6cc5c5c6ccccc6ccc54)nc(-c4cc5ccccc5c5ccccc45)n3)ccc2c1. The van der Waals surface area contributed by atoms with Crippen molar-refractivity contribution in [3.05, 3.63) is 206 Å². The summed E-state index contributed by atoms with van der Waals surface area (Å²) in [5.41, 5.74) is 7.31. The summed E-state index contributed by atoms with van der Waals surface area (Å²) in [5.74, 6) is 1.75. The average molecular weight is 815 g/mol. The van der Waals surface area contributed by atoms with Gasteiger partial charge in [0.05, 0.1) is 11.0 Å². The zero-order chi connectivity index (χ0) is 41.9. The third-order valence-corrected chi connectivity index (χ3v) is 13.2. The monoisotopic (exact) mass is 814 g/mol. The van der Waals surface area contributed by atoms with Gasteiger partial charge in [-0.05, 0) is 102 Å². The molecule has 11 aromatic carbocycles. The quantitative estimate of drug-likeness (QED) is 0.166. The van der Waals surface area contributed by atoms with E-state index in [9.17, 15) is 0 Å². The Bertz CT molecular complexity index is 4270. The molecule has 0 aliphatic carbocycles. The van der Waals surface area contributed by atoms with Gasteiger partial charge >= 0.3 is 0 Å². The molecule has 0 unspecified atom stereocenters. The molecule has 3 aromatic heterocycles. The van der Waals surface area contributed by atoms with Crippen LogP contribution >= 0.6 is 0 Å². The summed E-state index contributed by atoms with van der Waals surface area (Å²) in [7, 11) is 0. The Balaban J connectivity index is 1.14. The van der Waals surface area contributed by atoms with Crippen LogP contribution in [0.5, 0.6) is 0 Å². The van der Waals surface area contributed by atoms with Gasteiger partial charge in [-0.1, -0.05) is 158 Å². The maximum absolute atomic E-state index is 7.03. The minimum atomic E-state index is 0.555. The third-order valence-electron chi connectivity index (χ3n) is 13.2. The highest BCUT2D eigenvalue weighted by atomic mass is 16.3. The molecule has 0 saturated heterocycles. The van der Waals surface area contributed by atoms with Gasteiger partial charge in [-0.15, -0.1) is 0 Å². The molecular weight excluding hydrogens is 781 g/mol. The van der Waals surface area contributed by atoms with E-state index in [-0.39, 0.29) is 0 Å². The van der Waals surface area contributed by atoms with Crippen LogP contribution in [0.2, 0.25) is 0 Å². The van der Waals surface area contributed by atoms with E-state index in [0.717, 1.165) is 87.7 Å². The molecule has 0 N–H and O–H groups in total. The van der Waals surface area contributed by atoms with Crippen LogP contribution < -0.4 is 0 Å². The number of benzene rings is 11. The zero-order valence-electron chi connectivity index (χ0n) is 34.3. The van der Waals surface area contributed by atoms with E-state index in [4.69, 9.17) is 19.4 Å². The average Bonchev–Trinajstić information content (AvgIpc) is 3.90. The molecule has 0 bridgehead atoms. The first-order chi connectivity index (χ1) is 31.7. The van der Waals surface area contributed by atoms with E-state index in [1.807, 2.05) is 6.07 Å². The van der Waals surface area contributed by atoms with Crippen LogP contribution in [0.4, 0.5) is 0 Å². The van der Waals surface area contributed by atoms with Crippen LogP contribution in [-0.4, -0.2) is 19.5 Å². The highest BCUT2D eigenvalue weighted by molar-refractivity contribution is 6.24. The minimum absolute atomic E-state index is 0.555. The van der Waals surface area contributed by atoms with Crippen molar-refractivity contribution in [2.24, 2.45) is 0 Å². The molecule has 0 saturated carbocycles. The largest absolute Gasteiger partial charge is 0.454 e. The summed E-state index contributed by atoms with van der Waals surface area (Å²) >= 11 is 0. The zero-order valence-corrected chi connectivity index (χ0v) is 34.3. The van der Waals surface area contributed by atoms with Crippen molar-refractivity contribution < 1.29 is 4.42 Å². The Kier molecular flexibility index (Phi) is 7.33. The van der Waals surface area contributed by atoms with Crippen LogP contribution in [0.3, 0.4) is 0 Å². The Labute approximate surface area is 366 Å². The minimum Gasteiger partial charge on any atom is -0.454 e. The van der Waals surface area contributed by atoms with Crippen molar-refractivity contribution in [1.29, 1.82) is 0 Å². The van der Waals surface area contributed by atoms with E-state index in [0.29, 0.717) is 17.5 Å². The molecule has 296 valence electrons. The van der Waals surface area contributed by atoms with Gasteiger partial charge in [0, 0.05) is 38.2 Å². The predicted molar refractivity (Wildman–Crippen MR) is 265 cm³/mol. The Hall–Kier alpha value is -8.67. The third kappa shape index (κ3) is 5.15. The Morgan fingerprint density at radius 2 is 0.922 bits per heavy atom. The number of fused-ring (bicyclic) bond motifs is 13. The molecule has 0 fully saturated rings. The van der Waals surface area contributed by atoms with Crippen molar-refractivity contribution in [2.45, 2.75) is 0 Å². The van der Waals surface area contributed by atoms with Gasteiger partial charge in [0.15, 0.2) is 23.1 Å². The number of rotatable bonds is 4. The van der Waals surface area contributed by atoms with E-state index < -0.39 is 0 Å². The smallest absolute Gasteiger partial charge is 0.166 e. The molecule has 5 nitrogen and oxygen atoms in total. The highest BCUT2D eigenvalue weighted by Gasteiger charge is 2.26. The van der Waals surface area contributed by atoms with E-state index in [1.165, 1.54) is 32.3 Å². The summed E-state index contributed by atoms with van der Waals surface area (Å²) in [4.78, 5) is 16.4. The Morgan fingerprint density at radius 3 is 1.73 bits per heavy atom. The number of para-hydroxylation sites is 1. The predicted octanol–water partition coefficient (Wildman–Crippen LogP) is 15.6. The van der Waals surface area contributed by atoms with Crippen LogP contribution in [-0.2, 0) is 0 Å². The molecule has 64 heavy (non-hydrogen) atoms. The second-order valence-corrected chi connectivity index (χ2v) is 16.7. The lowest BCUT2D eigenvalue weighted by atomic mass is 9.96. The summed E-state index contributed by atoms with van der Waals surface area (Å²) in [6.07, 6.45) is 0. The molecule has 14 aromatic rings. The molecule has 0 spiro atoms. The van der Waals surface area contributed by atoms with Crippen molar-refractivity contribution >= 4 is 97.6 Å². The second kappa shape index (κ2) is 13.4. The molecule has 14 rings (SSSR count). The van der Waals surface area contributed by atoms with E-state index in [2.05, 4.69) is 205 Å². The lowest BCUT2D eigenvalue weighted by Gasteiger charge is -2.16. The van der Waals surface area contributed by atoms with Gasteiger partial charge in [-0.25, -0.2) is 15.0 Å². The second-order valence-electron chi connectivity index (χ2n) is 16.7. The first-order valence-electron chi connectivity index (χ1n) is 21.7. The molecule has 3 heterocycles. The maximum atomic E-state index is 7.03. The lowest BCUT2D eigenvalue weighted by molar-refractivity contribution is 0.666. The summed E-state index contributed by atoms with van der Waals surface area (Å²) in [6.45, 7) is 0. The molecule has 0 amide bonds. The summed E-state index contributed by atoms with van der Waals surface area (Å²) < 4.78 is 9.43. The normalized spacial score (nSPS) is 12.1. The van der Waals surface area contributed by atoms with Gasteiger partial charge < -0.3 is 8.98 Å². The summed E-state index contributed by atoms with van der Waals surface area (Å²) in [5, 5.41) is 16.0. The van der Waals surface area contributed by atoms with Crippen LogP contribution in [0.1, 0.15) is 0 Å². The number of nitrogens with zero attached hydrogens (tertiary/aromatic N) is 4. The van der Waals surface area contributed by atoms with Gasteiger partial charge in [0.1, 0.15) is 11.3 Å². The van der Waals surface area contributed by atoms with Gasteiger partial charge in [-0.3, -0.25) is 0 Å². The van der Waals surface area contributed by atoms with Crippen molar-refractivity contribution in [2.75, 3.05) is 0 Å². The van der Waals surface area contributed by atoms with Crippen molar-refractivity contribution in [3.63, 3.8) is 0 Å². The fraction of sp³-hybridized carbons (Fsp3) is 0. The number of hydrogen-bond acceptors (Lipinski definition) is 4. The lowest BCUT2D eigenvalue weighted by Crippen LogP contribution is -2.04. The van der Waals surface area contributed by atoms with Gasteiger partial charge in [0.2, 0.25) is 0 Å². The first kappa shape index (κ1) is 35.0. The molecule has 0 aliphatic heterocycles. The number of hydrogen-bond donors (Lipinski definition) is 0. The summed E-state index contributed by atoms with van der Waals surface area (Å²) in [6, 6.07) is 73.3. The van der Waals surface area contributed by atoms with E-state index >= 15 is 0 Å².